The first-order valence-corrected chi connectivity index (χ1v) is 8.35. The summed E-state index contributed by atoms with van der Waals surface area (Å²) in [7, 11) is 3.85. The lowest BCUT2D eigenvalue weighted by molar-refractivity contribution is 0.0948. The maximum absolute atomic E-state index is 12.8. The average Bonchev–Trinajstić information content (AvgIpc) is 3.11. The molecule has 25 heavy (non-hydrogen) atoms. The molecule has 0 spiro atoms. The van der Waals surface area contributed by atoms with E-state index < -0.39 is 0 Å². The van der Waals surface area contributed by atoms with Crippen LogP contribution in [0.2, 0.25) is 0 Å². The van der Waals surface area contributed by atoms with Crippen LogP contribution in [0.15, 0.2) is 49.1 Å². The first-order valence-electron chi connectivity index (χ1n) is 8.35. The highest BCUT2D eigenvalue weighted by atomic mass is 16.1. The molecule has 1 N–H and O–H groups in total. The quantitative estimate of drug-likeness (QED) is 0.751. The summed E-state index contributed by atoms with van der Waals surface area (Å²) in [5.74, 6) is 1.01. The SMILES string of the molecule is CC(CNC(=O)c1cc(N(C)C)nc2ccccc12)Cn1ccnc1. The van der Waals surface area contributed by atoms with Gasteiger partial charge in [0, 0.05) is 45.0 Å². The Kier molecular flexibility index (Phi) is 4.97. The Morgan fingerprint density at radius 3 is 2.84 bits per heavy atom. The lowest BCUT2D eigenvalue weighted by Crippen LogP contribution is -2.30. The van der Waals surface area contributed by atoms with Crippen LogP contribution in [0.5, 0.6) is 0 Å². The van der Waals surface area contributed by atoms with Gasteiger partial charge in [0.25, 0.3) is 5.91 Å². The molecule has 6 heteroatoms. The molecule has 3 aromatic rings. The lowest BCUT2D eigenvalue weighted by atomic mass is 10.1. The van der Waals surface area contributed by atoms with Crippen LogP contribution >= 0.6 is 0 Å². The Bertz CT molecular complexity index is 857. The normalized spacial score (nSPS) is 12.1. The zero-order chi connectivity index (χ0) is 17.8. The third kappa shape index (κ3) is 3.96. The van der Waals surface area contributed by atoms with Crippen molar-refractivity contribution in [2.45, 2.75) is 13.5 Å². The van der Waals surface area contributed by atoms with Crippen molar-refractivity contribution in [2.24, 2.45) is 5.92 Å². The Balaban J connectivity index is 1.77. The molecular formula is C19H23N5O. The van der Waals surface area contributed by atoms with E-state index in [2.05, 4.69) is 22.2 Å². The number of anilines is 1. The van der Waals surface area contributed by atoms with Gasteiger partial charge < -0.3 is 14.8 Å². The van der Waals surface area contributed by atoms with Gasteiger partial charge in [-0.2, -0.15) is 0 Å². The number of rotatable bonds is 6. The van der Waals surface area contributed by atoms with Crippen molar-refractivity contribution in [3.8, 4) is 0 Å². The van der Waals surface area contributed by atoms with Crippen molar-refractivity contribution >= 4 is 22.6 Å². The van der Waals surface area contributed by atoms with Crippen LogP contribution in [0.1, 0.15) is 17.3 Å². The molecule has 0 aliphatic rings. The minimum absolute atomic E-state index is 0.0702. The predicted octanol–water partition coefficient (Wildman–Crippen LogP) is 2.56. The predicted molar refractivity (Wildman–Crippen MR) is 99.8 cm³/mol. The molecule has 0 bridgehead atoms. The Labute approximate surface area is 147 Å². The van der Waals surface area contributed by atoms with Gasteiger partial charge in [-0.1, -0.05) is 25.1 Å². The highest BCUT2D eigenvalue weighted by Gasteiger charge is 2.14. The van der Waals surface area contributed by atoms with E-state index >= 15 is 0 Å². The standard InChI is InChI=1S/C19H23N5O/c1-14(12-24-9-8-20-13-24)11-21-19(25)16-10-18(23(2)3)22-17-7-5-4-6-15(16)17/h4-10,13-14H,11-12H2,1-3H3,(H,21,25). The number of carbonyl (C=O) groups is 1. The maximum Gasteiger partial charge on any atom is 0.252 e. The number of carbonyl (C=O) groups excluding carboxylic acids is 1. The monoisotopic (exact) mass is 337 g/mol. The molecule has 2 aromatic heterocycles. The molecule has 0 radical (unpaired) electrons. The molecule has 130 valence electrons. The fourth-order valence-corrected chi connectivity index (χ4v) is 2.76. The molecule has 1 amide bonds. The molecule has 0 aliphatic carbocycles. The summed E-state index contributed by atoms with van der Waals surface area (Å²) in [6.45, 7) is 3.53. The summed E-state index contributed by atoms with van der Waals surface area (Å²) in [6, 6.07) is 9.58. The number of nitrogens with zero attached hydrogens (tertiary/aromatic N) is 4. The lowest BCUT2D eigenvalue weighted by Gasteiger charge is -2.16. The minimum atomic E-state index is -0.0702. The van der Waals surface area contributed by atoms with Crippen molar-refractivity contribution in [3.05, 3.63) is 54.6 Å². The first-order chi connectivity index (χ1) is 12.0. The van der Waals surface area contributed by atoms with Gasteiger partial charge in [0.1, 0.15) is 5.82 Å². The molecule has 2 heterocycles. The number of amides is 1. The highest BCUT2D eigenvalue weighted by molar-refractivity contribution is 6.07. The summed E-state index contributed by atoms with van der Waals surface area (Å²) < 4.78 is 2.02. The summed E-state index contributed by atoms with van der Waals surface area (Å²) in [4.78, 5) is 23.3. The van der Waals surface area contributed by atoms with E-state index in [1.54, 1.807) is 12.5 Å². The molecule has 0 aliphatic heterocycles. The number of aromatic nitrogens is 3. The van der Waals surface area contributed by atoms with Gasteiger partial charge in [-0.25, -0.2) is 9.97 Å². The molecule has 3 rings (SSSR count). The van der Waals surface area contributed by atoms with E-state index in [9.17, 15) is 4.79 Å². The van der Waals surface area contributed by atoms with Gasteiger partial charge in [-0.15, -0.1) is 0 Å². The first kappa shape index (κ1) is 17.0. The molecule has 0 fully saturated rings. The van der Waals surface area contributed by atoms with Crippen LogP contribution in [-0.2, 0) is 6.54 Å². The topological polar surface area (TPSA) is 63.1 Å². The average molecular weight is 337 g/mol. The third-order valence-corrected chi connectivity index (χ3v) is 4.10. The van der Waals surface area contributed by atoms with Crippen LogP contribution < -0.4 is 10.2 Å². The Morgan fingerprint density at radius 1 is 1.32 bits per heavy atom. The van der Waals surface area contributed by atoms with Gasteiger partial charge in [-0.3, -0.25) is 4.79 Å². The van der Waals surface area contributed by atoms with Gasteiger partial charge in [-0.05, 0) is 18.1 Å². The van der Waals surface area contributed by atoms with Crippen molar-refractivity contribution in [2.75, 3.05) is 25.5 Å². The Hall–Kier alpha value is -2.89. The molecule has 0 saturated heterocycles. The van der Waals surface area contributed by atoms with Crippen molar-refractivity contribution in [1.29, 1.82) is 0 Å². The summed E-state index contributed by atoms with van der Waals surface area (Å²) in [5.41, 5.74) is 1.48. The third-order valence-electron chi connectivity index (χ3n) is 4.10. The second kappa shape index (κ2) is 7.34. The number of fused-ring (bicyclic) bond motifs is 1. The van der Waals surface area contributed by atoms with E-state index in [1.165, 1.54) is 0 Å². The smallest absolute Gasteiger partial charge is 0.252 e. The van der Waals surface area contributed by atoms with E-state index in [4.69, 9.17) is 0 Å². The van der Waals surface area contributed by atoms with E-state index in [-0.39, 0.29) is 5.91 Å². The van der Waals surface area contributed by atoms with Crippen LogP contribution in [0.4, 0.5) is 5.82 Å². The number of pyridine rings is 1. The highest BCUT2D eigenvalue weighted by Crippen LogP contribution is 2.22. The zero-order valence-electron chi connectivity index (χ0n) is 14.8. The number of hydrogen-bond acceptors (Lipinski definition) is 4. The van der Waals surface area contributed by atoms with E-state index in [1.807, 2.05) is 60.1 Å². The summed E-state index contributed by atoms with van der Waals surface area (Å²) in [5, 5.41) is 3.92. The summed E-state index contributed by atoms with van der Waals surface area (Å²) in [6.07, 6.45) is 5.48. The van der Waals surface area contributed by atoms with Crippen LogP contribution in [0.3, 0.4) is 0 Å². The fourth-order valence-electron chi connectivity index (χ4n) is 2.76. The number of imidazole rings is 1. The minimum Gasteiger partial charge on any atom is -0.363 e. The Morgan fingerprint density at radius 2 is 2.12 bits per heavy atom. The number of hydrogen-bond donors (Lipinski definition) is 1. The van der Waals surface area contributed by atoms with Crippen molar-refractivity contribution in [1.82, 2.24) is 19.9 Å². The van der Waals surface area contributed by atoms with Crippen molar-refractivity contribution in [3.63, 3.8) is 0 Å². The molecule has 0 saturated carbocycles. The number of nitrogens with one attached hydrogen (secondary N) is 1. The van der Waals surface area contributed by atoms with Crippen LogP contribution in [-0.4, -0.2) is 41.1 Å². The van der Waals surface area contributed by atoms with Crippen LogP contribution in [0, 0.1) is 5.92 Å². The van der Waals surface area contributed by atoms with Crippen LogP contribution in [0.25, 0.3) is 10.9 Å². The van der Waals surface area contributed by atoms with Crippen molar-refractivity contribution < 1.29 is 4.79 Å². The largest absolute Gasteiger partial charge is 0.363 e. The van der Waals surface area contributed by atoms with Gasteiger partial charge in [0.2, 0.25) is 0 Å². The number of benzene rings is 1. The van der Waals surface area contributed by atoms with Gasteiger partial charge >= 0.3 is 0 Å². The second-order valence-corrected chi connectivity index (χ2v) is 6.51. The molecular weight excluding hydrogens is 314 g/mol. The summed E-state index contributed by atoms with van der Waals surface area (Å²) >= 11 is 0. The molecule has 1 aromatic carbocycles. The zero-order valence-corrected chi connectivity index (χ0v) is 14.8. The molecule has 1 atom stereocenters. The molecule has 6 nitrogen and oxygen atoms in total. The van der Waals surface area contributed by atoms with Gasteiger partial charge in [0.15, 0.2) is 0 Å². The number of para-hydroxylation sites is 1. The second-order valence-electron chi connectivity index (χ2n) is 6.51. The van der Waals surface area contributed by atoms with Gasteiger partial charge in [0.05, 0.1) is 17.4 Å². The van der Waals surface area contributed by atoms with E-state index in [0.717, 1.165) is 23.3 Å². The van der Waals surface area contributed by atoms with E-state index in [0.29, 0.717) is 18.0 Å². The maximum atomic E-state index is 12.8. The molecule has 1 unspecified atom stereocenters. The fraction of sp³-hybridized carbons (Fsp3) is 0.316.